The Hall–Kier alpha value is -1.72. The monoisotopic (exact) mass is 370 g/mol. The van der Waals surface area contributed by atoms with Gasteiger partial charge in [-0.25, -0.2) is 4.79 Å². The van der Waals surface area contributed by atoms with Crippen molar-refractivity contribution in [2.45, 2.75) is 0 Å². The van der Waals surface area contributed by atoms with Crippen molar-refractivity contribution in [3.63, 3.8) is 0 Å². The number of carbonyl (C=O) groups is 1. The Bertz CT molecular complexity index is 645. The Labute approximate surface area is 135 Å². The Morgan fingerprint density at radius 1 is 1.14 bits per heavy atom. The average molecular weight is 372 g/mol. The summed E-state index contributed by atoms with van der Waals surface area (Å²) in [7, 11) is 1.51. The van der Waals surface area contributed by atoms with Gasteiger partial charge in [0.25, 0.3) is 0 Å². The van der Waals surface area contributed by atoms with Gasteiger partial charge in [-0.15, -0.1) is 0 Å². The summed E-state index contributed by atoms with van der Waals surface area (Å²) >= 11 is 9.13. The summed E-state index contributed by atoms with van der Waals surface area (Å²) in [6, 6.07) is 11.9. The van der Waals surface area contributed by atoms with Crippen molar-refractivity contribution in [3.8, 4) is 17.2 Å². The fraction of sp³-hybridized carbons (Fsp3) is 0.133. The molecule has 2 aromatic carbocycles. The summed E-state index contributed by atoms with van der Waals surface area (Å²) < 4.78 is 16.3. The molecular formula is C15H12BrClO4. The number of esters is 1. The molecule has 0 radical (unpaired) electrons. The molecule has 2 rings (SSSR count). The number of hydrogen-bond donors (Lipinski definition) is 0. The van der Waals surface area contributed by atoms with Gasteiger partial charge in [-0.05, 0) is 46.3 Å². The highest BCUT2D eigenvalue weighted by atomic mass is 79.9. The van der Waals surface area contributed by atoms with Crippen LogP contribution >= 0.6 is 27.5 Å². The zero-order valence-electron chi connectivity index (χ0n) is 11.1. The van der Waals surface area contributed by atoms with E-state index in [0.29, 0.717) is 26.7 Å². The third kappa shape index (κ3) is 4.37. The van der Waals surface area contributed by atoms with E-state index >= 15 is 0 Å². The van der Waals surface area contributed by atoms with Gasteiger partial charge in [0.1, 0.15) is 5.75 Å². The smallest absolute Gasteiger partial charge is 0.349 e. The lowest BCUT2D eigenvalue weighted by Crippen LogP contribution is -2.18. The lowest BCUT2D eigenvalue weighted by molar-refractivity contribution is -0.136. The summed E-state index contributed by atoms with van der Waals surface area (Å²) in [5.74, 6) is 0.819. The molecule has 0 atom stereocenters. The molecule has 0 amide bonds. The van der Waals surface area contributed by atoms with Crippen molar-refractivity contribution in [1.82, 2.24) is 0 Å². The first-order chi connectivity index (χ1) is 10.1. The largest absolute Gasteiger partial charge is 0.493 e. The van der Waals surface area contributed by atoms with Crippen LogP contribution < -0.4 is 14.2 Å². The minimum atomic E-state index is -0.527. The molecule has 0 aromatic heterocycles. The van der Waals surface area contributed by atoms with Crippen molar-refractivity contribution in [2.75, 3.05) is 13.7 Å². The second-order valence-corrected chi connectivity index (χ2v) is 5.28. The van der Waals surface area contributed by atoms with Crippen LogP contribution in [-0.2, 0) is 4.79 Å². The van der Waals surface area contributed by atoms with Crippen molar-refractivity contribution < 1.29 is 19.0 Å². The first-order valence-electron chi connectivity index (χ1n) is 6.01. The predicted octanol–water partition coefficient (Wildman–Crippen LogP) is 4.10. The first-order valence-corrected chi connectivity index (χ1v) is 7.19. The normalized spacial score (nSPS) is 10.0. The van der Waals surface area contributed by atoms with Crippen LogP contribution in [0.1, 0.15) is 0 Å². The Balaban J connectivity index is 1.96. The molecule has 110 valence electrons. The summed E-state index contributed by atoms with van der Waals surface area (Å²) in [6.07, 6.45) is 0. The van der Waals surface area contributed by atoms with Crippen LogP contribution in [-0.4, -0.2) is 19.7 Å². The molecule has 2 aromatic rings. The standard InChI is InChI=1S/C15H12BrClO4/c1-19-13-4-2-3-5-14(13)21-15(18)9-20-12-7-6-10(17)8-11(12)16/h2-8H,9H2,1H3. The predicted molar refractivity (Wildman–Crippen MR) is 83.3 cm³/mol. The quantitative estimate of drug-likeness (QED) is 0.586. The van der Waals surface area contributed by atoms with Crippen LogP contribution in [0.3, 0.4) is 0 Å². The molecule has 4 nitrogen and oxygen atoms in total. The number of hydrogen-bond acceptors (Lipinski definition) is 4. The van der Waals surface area contributed by atoms with E-state index in [0.717, 1.165) is 0 Å². The fourth-order valence-corrected chi connectivity index (χ4v) is 2.38. The second-order valence-electron chi connectivity index (χ2n) is 3.99. The average Bonchev–Trinajstić information content (AvgIpc) is 2.47. The number of para-hydroxylation sites is 2. The maximum atomic E-state index is 11.8. The number of carbonyl (C=O) groups excluding carboxylic acids is 1. The minimum Gasteiger partial charge on any atom is -0.493 e. The van der Waals surface area contributed by atoms with Crippen molar-refractivity contribution >= 4 is 33.5 Å². The highest BCUT2D eigenvalue weighted by Gasteiger charge is 2.11. The van der Waals surface area contributed by atoms with Gasteiger partial charge in [0, 0.05) is 5.02 Å². The molecule has 6 heteroatoms. The Morgan fingerprint density at radius 3 is 2.52 bits per heavy atom. The molecule has 21 heavy (non-hydrogen) atoms. The van der Waals surface area contributed by atoms with Gasteiger partial charge in [0.05, 0.1) is 11.6 Å². The van der Waals surface area contributed by atoms with E-state index in [1.54, 1.807) is 42.5 Å². The lowest BCUT2D eigenvalue weighted by atomic mass is 10.3. The number of rotatable bonds is 5. The maximum Gasteiger partial charge on any atom is 0.349 e. The molecule has 0 N–H and O–H groups in total. The van der Waals surface area contributed by atoms with E-state index in [1.807, 2.05) is 0 Å². The summed E-state index contributed by atoms with van der Waals surface area (Å²) in [5.41, 5.74) is 0. The topological polar surface area (TPSA) is 44.8 Å². The number of ether oxygens (including phenoxy) is 3. The van der Waals surface area contributed by atoms with Gasteiger partial charge in [-0.3, -0.25) is 0 Å². The van der Waals surface area contributed by atoms with E-state index in [9.17, 15) is 4.79 Å². The van der Waals surface area contributed by atoms with Crippen LogP contribution in [0, 0.1) is 0 Å². The molecule has 0 fully saturated rings. The molecule has 0 heterocycles. The van der Waals surface area contributed by atoms with Crippen LogP contribution in [0.25, 0.3) is 0 Å². The third-order valence-electron chi connectivity index (χ3n) is 2.53. The lowest BCUT2D eigenvalue weighted by Gasteiger charge is -2.10. The first kappa shape index (κ1) is 15.7. The summed E-state index contributed by atoms with van der Waals surface area (Å²) in [5, 5.41) is 0.575. The molecule has 0 saturated carbocycles. The van der Waals surface area contributed by atoms with E-state index < -0.39 is 5.97 Å². The maximum absolute atomic E-state index is 11.8. The molecular weight excluding hydrogens is 360 g/mol. The van der Waals surface area contributed by atoms with E-state index in [4.69, 9.17) is 25.8 Å². The summed E-state index contributed by atoms with van der Waals surface area (Å²) in [4.78, 5) is 11.8. The highest BCUT2D eigenvalue weighted by molar-refractivity contribution is 9.10. The van der Waals surface area contributed by atoms with E-state index in [-0.39, 0.29) is 6.61 Å². The molecule has 0 aliphatic heterocycles. The van der Waals surface area contributed by atoms with Crippen LogP contribution in [0.4, 0.5) is 0 Å². The van der Waals surface area contributed by atoms with Crippen LogP contribution in [0.15, 0.2) is 46.9 Å². The SMILES string of the molecule is COc1ccccc1OC(=O)COc1ccc(Cl)cc1Br. The zero-order valence-corrected chi connectivity index (χ0v) is 13.5. The Kier molecular flexibility index (Phi) is 5.47. The third-order valence-corrected chi connectivity index (χ3v) is 3.39. The number of methoxy groups -OCH3 is 1. The van der Waals surface area contributed by atoms with Crippen LogP contribution in [0.5, 0.6) is 17.2 Å². The zero-order chi connectivity index (χ0) is 15.2. The van der Waals surface area contributed by atoms with Crippen molar-refractivity contribution in [1.29, 1.82) is 0 Å². The summed E-state index contributed by atoms with van der Waals surface area (Å²) in [6.45, 7) is -0.224. The van der Waals surface area contributed by atoms with Crippen molar-refractivity contribution in [3.05, 3.63) is 52.0 Å². The van der Waals surface area contributed by atoms with Gasteiger partial charge >= 0.3 is 5.97 Å². The fourth-order valence-electron chi connectivity index (χ4n) is 1.58. The van der Waals surface area contributed by atoms with Gasteiger partial charge in [0.2, 0.25) is 0 Å². The molecule has 0 unspecified atom stereocenters. The number of benzene rings is 2. The molecule has 0 saturated heterocycles. The highest BCUT2D eigenvalue weighted by Crippen LogP contribution is 2.28. The minimum absolute atomic E-state index is 0.224. The Morgan fingerprint density at radius 2 is 1.86 bits per heavy atom. The molecule has 0 aliphatic rings. The van der Waals surface area contributed by atoms with Crippen molar-refractivity contribution in [2.24, 2.45) is 0 Å². The van der Waals surface area contributed by atoms with E-state index in [2.05, 4.69) is 15.9 Å². The molecule has 0 spiro atoms. The van der Waals surface area contributed by atoms with Crippen LogP contribution in [0.2, 0.25) is 5.02 Å². The molecule has 0 aliphatic carbocycles. The second kappa shape index (κ2) is 7.33. The molecule has 0 bridgehead atoms. The van der Waals surface area contributed by atoms with E-state index in [1.165, 1.54) is 7.11 Å². The van der Waals surface area contributed by atoms with Gasteiger partial charge < -0.3 is 14.2 Å². The number of halogens is 2. The van der Waals surface area contributed by atoms with Gasteiger partial charge in [-0.1, -0.05) is 23.7 Å². The van der Waals surface area contributed by atoms with Gasteiger partial charge in [-0.2, -0.15) is 0 Å². The van der Waals surface area contributed by atoms with Gasteiger partial charge in [0.15, 0.2) is 18.1 Å².